The normalized spacial score (nSPS) is 12.9. The molecular weight excluding hydrogens is 231 g/mol. The van der Waals surface area contributed by atoms with Gasteiger partial charge >= 0.3 is 0 Å². The number of ether oxygens (including phenoxy) is 1. The first-order valence-corrected chi connectivity index (χ1v) is 6.31. The lowest BCUT2D eigenvalue weighted by Crippen LogP contribution is -2.42. The molecule has 0 spiro atoms. The Hall–Kier alpha value is -0.970. The Morgan fingerprint density at radius 2 is 2.00 bits per heavy atom. The quantitative estimate of drug-likeness (QED) is 0.766. The molecule has 0 radical (unpaired) electrons. The third kappa shape index (κ3) is 5.12. The van der Waals surface area contributed by atoms with Gasteiger partial charge in [0, 0.05) is 26.2 Å². The minimum atomic E-state index is -0.192. The average molecular weight is 254 g/mol. The first kappa shape index (κ1) is 15.1. The molecule has 1 atom stereocenters. The molecule has 1 N–H and O–H groups in total. The number of benzene rings is 1. The van der Waals surface area contributed by atoms with Gasteiger partial charge in [0.05, 0.1) is 6.61 Å². The molecule has 1 aromatic carbocycles. The van der Waals surface area contributed by atoms with Gasteiger partial charge in [-0.1, -0.05) is 19.1 Å². The molecule has 1 rings (SSSR count). The van der Waals surface area contributed by atoms with E-state index in [9.17, 15) is 4.39 Å². The number of rotatable bonds is 8. The molecule has 0 bridgehead atoms. The van der Waals surface area contributed by atoms with Crippen LogP contribution in [0.1, 0.15) is 12.5 Å². The largest absolute Gasteiger partial charge is 0.383 e. The van der Waals surface area contributed by atoms with Crippen molar-refractivity contribution < 1.29 is 9.13 Å². The van der Waals surface area contributed by atoms with Gasteiger partial charge in [-0.15, -0.1) is 0 Å². The summed E-state index contributed by atoms with van der Waals surface area (Å²) in [6.07, 6.45) is 0. The van der Waals surface area contributed by atoms with Crippen molar-refractivity contribution in [2.75, 3.05) is 33.9 Å². The van der Waals surface area contributed by atoms with E-state index in [1.54, 1.807) is 7.11 Å². The van der Waals surface area contributed by atoms with Crippen molar-refractivity contribution in [3.63, 3.8) is 0 Å². The van der Waals surface area contributed by atoms with Crippen LogP contribution in [0.2, 0.25) is 0 Å². The lowest BCUT2D eigenvalue weighted by atomic mass is 10.2. The molecule has 0 saturated carbocycles. The number of hydrogen-bond acceptors (Lipinski definition) is 3. The zero-order valence-electron chi connectivity index (χ0n) is 11.4. The van der Waals surface area contributed by atoms with Crippen LogP contribution in [0.5, 0.6) is 0 Å². The molecule has 0 saturated heterocycles. The van der Waals surface area contributed by atoms with Crippen molar-refractivity contribution in [2.45, 2.75) is 19.5 Å². The molecule has 3 nitrogen and oxygen atoms in total. The molecule has 0 aliphatic rings. The van der Waals surface area contributed by atoms with E-state index >= 15 is 0 Å². The van der Waals surface area contributed by atoms with Gasteiger partial charge in [0.15, 0.2) is 0 Å². The highest BCUT2D eigenvalue weighted by Gasteiger charge is 2.14. The van der Waals surface area contributed by atoms with E-state index in [4.69, 9.17) is 4.74 Å². The smallest absolute Gasteiger partial charge is 0.123 e. The van der Waals surface area contributed by atoms with Gasteiger partial charge < -0.3 is 10.1 Å². The fourth-order valence-electron chi connectivity index (χ4n) is 1.85. The molecular formula is C14H23FN2O. The standard InChI is InChI=1S/C14H23FN2O/c1-4-16-9-14(11-18-3)17(2)10-12-5-7-13(15)8-6-12/h5-8,14,16H,4,9-11H2,1-3H3. The molecule has 0 fully saturated rings. The van der Waals surface area contributed by atoms with Crippen LogP contribution in [0.15, 0.2) is 24.3 Å². The summed E-state index contributed by atoms with van der Waals surface area (Å²) in [5.41, 5.74) is 1.11. The van der Waals surface area contributed by atoms with E-state index in [1.807, 2.05) is 12.1 Å². The Morgan fingerprint density at radius 1 is 1.33 bits per heavy atom. The summed E-state index contributed by atoms with van der Waals surface area (Å²) in [5, 5.41) is 3.33. The maximum atomic E-state index is 12.8. The monoisotopic (exact) mass is 254 g/mol. The number of methoxy groups -OCH3 is 1. The van der Waals surface area contributed by atoms with Gasteiger partial charge in [-0.05, 0) is 31.3 Å². The fraction of sp³-hybridized carbons (Fsp3) is 0.571. The molecule has 0 aliphatic carbocycles. The van der Waals surface area contributed by atoms with Crippen LogP contribution < -0.4 is 5.32 Å². The third-order valence-corrected chi connectivity index (χ3v) is 2.96. The topological polar surface area (TPSA) is 24.5 Å². The van der Waals surface area contributed by atoms with Crippen LogP contribution in [0.3, 0.4) is 0 Å². The Morgan fingerprint density at radius 3 is 2.56 bits per heavy atom. The van der Waals surface area contributed by atoms with E-state index in [2.05, 4.69) is 24.2 Å². The van der Waals surface area contributed by atoms with Gasteiger partial charge in [0.2, 0.25) is 0 Å². The number of nitrogens with zero attached hydrogens (tertiary/aromatic N) is 1. The predicted molar refractivity (Wildman–Crippen MR) is 72.1 cm³/mol. The van der Waals surface area contributed by atoms with E-state index in [-0.39, 0.29) is 5.82 Å². The highest BCUT2D eigenvalue weighted by Crippen LogP contribution is 2.08. The SMILES string of the molecule is CCNCC(COC)N(C)Cc1ccc(F)cc1. The lowest BCUT2D eigenvalue weighted by molar-refractivity contribution is 0.102. The molecule has 102 valence electrons. The molecule has 4 heteroatoms. The van der Waals surface area contributed by atoms with Crippen LogP contribution in [0.4, 0.5) is 4.39 Å². The second-order valence-corrected chi connectivity index (χ2v) is 4.46. The van der Waals surface area contributed by atoms with Crippen LogP contribution in [-0.4, -0.2) is 44.8 Å². The molecule has 1 unspecified atom stereocenters. The summed E-state index contributed by atoms with van der Waals surface area (Å²) in [6, 6.07) is 6.96. The Kier molecular flexibility index (Phi) is 6.86. The number of likely N-dealkylation sites (N-methyl/N-ethyl adjacent to an activating group) is 2. The van der Waals surface area contributed by atoms with Crippen molar-refractivity contribution in [1.29, 1.82) is 0 Å². The lowest BCUT2D eigenvalue weighted by Gasteiger charge is -2.27. The summed E-state index contributed by atoms with van der Waals surface area (Å²) < 4.78 is 18.1. The second-order valence-electron chi connectivity index (χ2n) is 4.46. The zero-order valence-corrected chi connectivity index (χ0v) is 11.4. The molecule has 0 amide bonds. The Balaban J connectivity index is 2.53. The maximum absolute atomic E-state index is 12.8. The van der Waals surface area contributed by atoms with Gasteiger partial charge in [0.1, 0.15) is 5.82 Å². The number of hydrogen-bond donors (Lipinski definition) is 1. The number of halogens is 1. The number of nitrogens with one attached hydrogen (secondary N) is 1. The van der Waals surface area contributed by atoms with Crippen molar-refractivity contribution in [3.05, 3.63) is 35.6 Å². The van der Waals surface area contributed by atoms with Gasteiger partial charge in [-0.2, -0.15) is 0 Å². The minimum absolute atomic E-state index is 0.192. The molecule has 0 heterocycles. The highest BCUT2D eigenvalue weighted by atomic mass is 19.1. The van der Waals surface area contributed by atoms with Crippen molar-refractivity contribution in [3.8, 4) is 0 Å². The van der Waals surface area contributed by atoms with E-state index in [0.717, 1.165) is 25.2 Å². The van der Waals surface area contributed by atoms with Crippen molar-refractivity contribution >= 4 is 0 Å². The minimum Gasteiger partial charge on any atom is -0.383 e. The zero-order chi connectivity index (χ0) is 13.4. The average Bonchev–Trinajstić information content (AvgIpc) is 2.37. The second kappa shape index (κ2) is 8.19. The van der Waals surface area contributed by atoms with E-state index < -0.39 is 0 Å². The summed E-state index contributed by atoms with van der Waals surface area (Å²) in [5.74, 6) is -0.192. The molecule has 18 heavy (non-hydrogen) atoms. The first-order chi connectivity index (χ1) is 8.67. The van der Waals surface area contributed by atoms with Crippen LogP contribution >= 0.6 is 0 Å². The Bertz CT molecular complexity index is 329. The third-order valence-electron chi connectivity index (χ3n) is 2.96. The molecule has 0 aliphatic heterocycles. The fourth-order valence-corrected chi connectivity index (χ4v) is 1.85. The van der Waals surface area contributed by atoms with Gasteiger partial charge in [-0.25, -0.2) is 4.39 Å². The predicted octanol–water partition coefficient (Wildman–Crippen LogP) is 1.88. The van der Waals surface area contributed by atoms with Crippen molar-refractivity contribution in [1.82, 2.24) is 10.2 Å². The maximum Gasteiger partial charge on any atom is 0.123 e. The molecule has 1 aromatic rings. The first-order valence-electron chi connectivity index (χ1n) is 6.31. The molecule has 0 aromatic heterocycles. The van der Waals surface area contributed by atoms with Crippen LogP contribution in [-0.2, 0) is 11.3 Å². The summed E-state index contributed by atoms with van der Waals surface area (Å²) in [6.45, 7) is 5.40. The van der Waals surface area contributed by atoms with E-state index in [1.165, 1.54) is 12.1 Å². The van der Waals surface area contributed by atoms with Crippen molar-refractivity contribution in [2.24, 2.45) is 0 Å². The van der Waals surface area contributed by atoms with Crippen LogP contribution in [0.25, 0.3) is 0 Å². The van der Waals surface area contributed by atoms with E-state index in [0.29, 0.717) is 12.6 Å². The van der Waals surface area contributed by atoms with Gasteiger partial charge in [-0.3, -0.25) is 4.90 Å². The Labute approximate surface area is 109 Å². The summed E-state index contributed by atoms with van der Waals surface area (Å²) in [7, 11) is 3.77. The van der Waals surface area contributed by atoms with Crippen LogP contribution in [0, 0.1) is 5.82 Å². The highest BCUT2D eigenvalue weighted by molar-refractivity contribution is 5.15. The summed E-state index contributed by atoms with van der Waals surface area (Å²) >= 11 is 0. The summed E-state index contributed by atoms with van der Waals surface area (Å²) in [4.78, 5) is 2.22. The van der Waals surface area contributed by atoms with Gasteiger partial charge in [0.25, 0.3) is 0 Å².